The number of hydrogen-bond donors (Lipinski definition) is 1. The molecule has 0 saturated heterocycles. The molecular weight excluding hydrogens is 176 g/mol. The van der Waals surface area contributed by atoms with Crippen molar-refractivity contribution in [2.45, 2.75) is 13.1 Å². The number of carbonyl (C=O) groups is 1. The summed E-state index contributed by atoms with van der Waals surface area (Å²) < 4.78 is 1.74. The lowest BCUT2D eigenvalue weighted by atomic mass is 10.5. The zero-order chi connectivity index (χ0) is 9.72. The third-order valence-electron chi connectivity index (χ3n) is 1.39. The molecule has 5 heteroatoms. The lowest BCUT2D eigenvalue weighted by molar-refractivity contribution is -0.145. The molecule has 0 heterocycles. The van der Waals surface area contributed by atoms with Crippen LogP contribution >= 0.6 is 11.9 Å². The smallest absolute Gasteiger partial charge is 0.336 e. The van der Waals surface area contributed by atoms with Crippen LogP contribution in [0.25, 0.3) is 0 Å². The molecule has 0 aliphatic carbocycles. The molecular formula is C7H16N2O2S. The monoisotopic (exact) mass is 192 g/mol. The van der Waals surface area contributed by atoms with E-state index in [9.17, 15) is 4.79 Å². The predicted octanol–water partition coefficient (Wildman–Crippen LogP) is 0.559. The van der Waals surface area contributed by atoms with Gasteiger partial charge in [-0.2, -0.15) is 0 Å². The highest BCUT2D eigenvalue weighted by atomic mass is 32.2. The Bertz CT molecular complexity index is 152. The van der Waals surface area contributed by atoms with Gasteiger partial charge in [0.1, 0.15) is 0 Å². The van der Waals surface area contributed by atoms with Crippen LogP contribution in [0.1, 0.15) is 6.92 Å². The molecule has 0 aromatic rings. The average molecular weight is 192 g/mol. The van der Waals surface area contributed by atoms with Gasteiger partial charge in [0, 0.05) is 5.75 Å². The van der Waals surface area contributed by atoms with E-state index in [1.54, 1.807) is 30.3 Å². The Morgan fingerprint density at radius 2 is 2.00 bits per heavy atom. The summed E-state index contributed by atoms with van der Waals surface area (Å²) in [5.41, 5.74) is 0. The van der Waals surface area contributed by atoms with Gasteiger partial charge in [-0.3, -0.25) is 4.90 Å². The van der Waals surface area contributed by atoms with Gasteiger partial charge in [-0.05, 0) is 21.1 Å². The summed E-state index contributed by atoms with van der Waals surface area (Å²) in [6.45, 7) is 2.00. The minimum absolute atomic E-state index is 0.546. The fourth-order valence-electron chi connectivity index (χ4n) is 0.976. The maximum absolute atomic E-state index is 10.8. The Morgan fingerprint density at radius 3 is 2.25 bits per heavy atom. The fraction of sp³-hybridized carbons (Fsp3) is 0.857. The van der Waals surface area contributed by atoms with Crippen molar-refractivity contribution in [2.24, 2.45) is 0 Å². The van der Waals surface area contributed by atoms with Crippen molar-refractivity contribution < 1.29 is 9.90 Å². The van der Waals surface area contributed by atoms with E-state index in [2.05, 4.69) is 0 Å². The van der Waals surface area contributed by atoms with Crippen LogP contribution in [0.5, 0.6) is 0 Å². The molecule has 0 spiro atoms. The van der Waals surface area contributed by atoms with Crippen molar-refractivity contribution in [1.82, 2.24) is 9.21 Å². The van der Waals surface area contributed by atoms with Crippen LogP contribution in [0, 0.1) is 0 Å². The average Bonchev–Trinajstić information content (AvgIpc) is 1.85. The van der Waals surface area contributed by atoms with Gasteiger partial charge < -0.3 is 5.11 Å². The first-order valence-corrected chi connectivity index (χ1v) is 4.70. The second-order valence-corrected chi connectivity index (χ2v) is 4.05. The van der Waals surface area contributed by atoms with Gasteiger partial charge in [-0.25, -0.2) is 9.10 Å². The molecule has 1 N–H and O–H groups in total. The molecule has 4 nitrogen and oxygen atoms in total. The number of carboxylic acid groups (broad SMARTS) is 1. The molecule has 0 bridgehead atoms. The SMILES string of the molecule is CCSN(C)[C@H](C(=O)O)N(C)C. The molecule has 0 aliphatic rings. The Hall–Kier alpha value is -0.260. The molecule has 0 aromatic heterocycles. The highest BCUT2D eigenvalue weighted by Crippen LogP contribution is 2.12. The van der Waals surface area contributed by atoms with E-state index in [0.717, 1.165) is 5.75 Å². The number of hydrogen-bond acceptors (Lipinski definition) is 4. The van der Waals surface area contributed by atoms with Crippen molar-refractivity contribution in [1.29, 1.82) is 0 Å². The third-order valence-corrected chi connectivity index (χ3v) is 2.25. The molecule has 0 saturated carbocycles. The minimum atomic E-state index is -0.816. The van der Waals surface area contributed by atoms with Crippen LogP contribution in [-0.4, -0.2) is 53.3 Å². The van der Waals surface area contributed by atoms with Gasteiger partial charge >= 0.3 is 5.97 Å². The van der Waals surface area contributed by atoms with Crippen LogP contribution in [-0.2, 0) is 4.79 Å². The van der Waals surface area contributed by atoms with E-state index < -0.39 is 12.1 Å². The summed E-state index contributed by atoms with van der Waals surface area (Å²) >= 11 is 1.51. The molecule has 0 unspecified atom stereocenters. The number of rotatable bonds is 5. The molecule has 0 amide bonds. The molecule has 12 heavy (non-hydrogen) atoms. The number of carboxylic acids is 1. The van der Waals surface area contributed by atoms with Gasteiger partial charge in [0.15, 0.2) is 6.17 Å². The topological polar surface area (TPSA) is 43.8 Å². The van der Waals surface area contributed by atoms with Crippen LogP contribution in [0.3, 0.4) is 0 Å². The maximum atomic E-state index is 10.8. The molecule has 1 atom stereocenters. The van der Waals surface area contributed by atoms with Crippen molar-refractivity contribution in [3.63, 3.8) is 0 Å². The summed E-state index contributed by atoms with van der Waals surface area (Å²) in [4.78, 5) is 12.4. The quantitative estimate of drug-likeness (QED) is 0.509. The minimum Gasteiger partial charge on any atom is -0.479 e. The summed E-state index contributed by atoms with van der Waals surface area (Å²) in [5, 5.41) is 8.84. The van der Waals surface area contributed by atoms with E-state index in [0.29, 0.717) is 0 Å². The summed E-state index contributed by atoms with van der Waals surface area (Å²) in [6, 6.07) is 0. The van der Waals surface area contributed by atoms with Gasteiger partial charge in [0.05, 0.1) is 0 Å². The van der Waals surface area contributed by atoms with Gasteiger partial charge in [-0.15, -0.1) is 0 Å². The molecule has 72 valence electrons. The normalized spacial score (nSPS) is 13.8. The summed E-state index contributed by atoms with van der Waals surface area (Å²) in [5.74, 6) is 0.0668. The van der Waals surface area contributed by atoms with E-state index in [4.69, 9.17) is 5.11 Å². The second kappa shape index (κ2) is 5.40. The number of aliphatic carboxylic acids is 1. The fourth-order valence-corrected chi connectivity index (χ4v) is 1.80. The first-order valence-electron chi connectivity index (χ1n) is 3.75. The Balaban J connectivity index is 4.19. The standard InChI is InChI=1S/C7H16N2O2S/c1-5-12-9(4)6(7(10)11)8(2)3/h6H,5H2,1-4H3,(H,10,11)/t6-/m1/s1. The molecule has 0 radical (unpaired) electrons. The van der Waals surface area contributed by atoms with Gasteiger partial charge in [0.2, 0.25) is 0 Å². The lowest BCUT2D eigenvalue weighted by Crippen LogP contribution is -2.45. The Labute approximate surface area is 77.7 Å². The zero-order valence-electron chi connectivity index (χ0n) is 7.94. The van der Waals surface area contributed by atoms with Crippen molar-refractivity contribution in [3.8, 4) is 0 Å². The zero-order valence-corrected chi connectivity index (χ0v) is 8.76. The van der Waals surface area contributed by atoms with Crippen LogP contribution in [0.15, 0.2) is 0 Å². The Kier molecular flexibility index (Phi) is 5.28. The third kappa shape index (κ3) is 3.42. The van der Waals surface area contributed by atoms with E-state index in [1.165, 1.54) is 11.9 Å². The summed E-state index contributed by atoms with van der Waals surface area (Å²) in [7, 11) is 5.30. The van der Waals surface area contributed by atoms with E-state index in [1.807, 2.05) is 6.92 Å². The summed E-state index contributed by atoms with van der Waals surface area (Å²) in [6.07, 6.45) is -0.546. The van der Waals surface area contributed by atoms with Crippen molar-refractivity contribution in [3.05, 3.63) is 0 Å². The van der Waals surface area contributed by atoms with Crippen molar-refractivity contribution >= 4 is 17.9 Å². The molecule has 0 aliphatic heterocycles. The van der Waals surface area contributed by atoms with Crippen LogP contribution < -0.4 is 0 Å². The van der Waals surface area contributed by atoms with Crippen LogP contribution in [0.2, 0.25) is 0 Å². The largest absolute Gasteiger partial charge is 0.479 e. The highest BCUT2D eigenvalue weighted by Gasteiger charge is 2.24. The lowest BCUT2D eigenvalue weighted by Gasteiger charge is -2.28. The van der Waals surface area contributed by atoms with Gasteiger partial charge in [0.25, 0.3) is 0 Å². The maximum Gasteiger partial charge on any atom is 0.336 e. The number of likely N-dealkylation sites (N-methyl/N-ethyl adjacent to an activating group) is 2. The Morgan fingerprint density at radius 1 is 1.50 bits per heavy atom. The highest BCUT2D eigenvalue weighted by molar-refractivity contribution is 7.97. The van der Waals surface area contributed by atoms with Crippen molar-refractivity contribution in [2.75, 3.05) is 26.9 Å². The number of nitrogens with zero attached hydrogens (tertiary/aromatic N) is 2. The first-order chi connectivity index (χ1) is 5.50. The second-order valence-electron chi connectivity index (χ2n) is 2.64. The van der Waals surface area contributed by atoms with Gasteiger partial charge in [-0.1, -0.05) is 18.9 Å². The first kappa shape index (κ1) is 11.7. The molecule has 0 rings (SSSR count). The molecule has 0 aromatic carbocycles. The van der Waals surface area contributed by atoms with Crippen LogP contribution in [0.4, 0.5) is 0 Å². The molecule has 0 fully saturated rings. The van der Waals surface area contributed by atoms with E-state index >= 15 is 0 Å². The predicted molar refractivity (Wildman–Crippen MR) is 51.0 cm³/mol. The van der Waals surface area contributed by atoms with E-state index in [-0.39, 0.29) is 0 Å².